The third kappa shape index (κ3) is 2.06. The molecule has 1 aliphatic heterocycles. The van der Waals surface area contributed by atoms with Gasteiger partial charge in [0.1, 0.15) is 12.9 Å². The van der Waals surface area contributed by atoms with E-state index in [1.165, 1.54) is 0 Å². The van der Waals surface area contributed by atoms with Crippen LogP contribution in [0.15, 0.2) is 0 Å². The zero-order valence-corrected chi connectivity index (χ0v) is 7.29. The van der Waals surface area contributed by atoms with E-state index in [9.17, 15) is 9.59 Å². The molecule has 0 bridgehead atoms. The van der Waals surface area contributed by atoms with Crippen molar-refractivity contribution >= 4 is 12.3 Å². The van der Waals surface area contributed by atoms with Gasteiger partial charge in [-0.1, -0.05) is 13.3 Å². The molecule has 1 fully saturated rings. The lowest BCUT2D eigenvalue weighted by Gasteiger charge is -2.26. The van der Waals surface area contributed by atoms with Crippen molar-refractivity contribution in [1.29, 1.82) is 0 Å². The summed E-state index contributed by atoms with van der Waals surface area (Å²) in [5.74, 6) is -0.0112. The van der Waals surface area contributed by atoms with Crippen LogP contribution in [0.3, 0.4) is 0 Å². The monoisotopic (exact) mass is 170 g/mol. The molecule has 3 heteroatoms. The molecule has 68 valence electrons. The van der Waals surface area contributed by atoms with Crippen molar-refractivity contribution in [3.8, 4) is 0 Å². The Bertz CT molecular complexity index is 177. The molecule has 1 aliphatic rings. The van der Waals surface area contributed by atoms with Gasteiger partial charge in [0.15, 0.2) is 0 Å². The lowest BCUT2D eigenvalue weighted by atomic mass is 9.86. The van der Waals surface area contributed by atoms with Crippen molar-refractivity contribution in [2.75, 3.05) is 6.61 Å². The van der Waals surface area contributed by atoms with Crippen molar-refractivity contribution in [3.63, 3.8) is 0 Å². The van der Waals surface area contributed by atoms with Crippen LogP contribution in [-0.4, -0.2) is 18.9 Å². The van der Waals surface area contributed by atoms with Gasteiger partial charge in [0.05, 0.1) is 5.92 Å². The van der Waals surface area contributed by atoms with Crippen molar-refractivity contribution < 1.29 is 14.3 Å². The number of ether oxygens (including phenoxy) is 1. The van der Waals surface area contributed by atoms with Crippen LogP contribution in [0.4, 0.5) is 0 Å². The van der Waals surface area contributed by atoms with E-state index in [1.54, 1.807) is 0 Å². The van der Waals surface area contributed by atoms with Crippen LogP contribution in [0.5, 0.6) is 0 Å². The summed E-state index contributed by atoms with van der Waals surface area (Å²) in [5.41, 5.74) is 0. The summed E-state index contributed by atoms with van der Waals surface area (Å²) < 4.78 is 4.79. The molecular weight excluding hydrogens is 156 g/mol. The average Bonchev–Trinajstić information content (AvgIpc) is 2.05. The predicted molar refractivity (Wildman–Crippen MR) is 43.5 cm³/mol. The molecule has 3 nitrogen and oxygen atoms in total. The van der Waals surface area contributed by atoms with Crippen molar-refractivity contribution in [3.05, 3.63) is 0 Å². The molecule has 0 aromatic heterocycles. The average molecular weight is 170 g/mol. The molecule has 2 atom stereocenters. The topological polar surface area (TPSA) is 43.4 Å². The number of hydrogen-bond acceptors (Lipinski definition) is 3. The Morgan fingerprint density at radius 2 is 2.42 bits per heavy atom. The SMILES string of the molecule is CCCC1CC(=O)OCC1C=O. The van der Waals surface area contributed by atoms with Crippen LogP contribution >= 0.6 is 0 Å². The largest absolute Gasteiger partial charge is 0.465 e. The molecule has 0 aromatic carbocycles. The Morgan fingerprint density at radius 3 is 3.00 bits per heavy atom. The molecule has 0 aliphatic carbocycles. The van der Waals surface area contributed by atoms with E-state index < -0.39 is 0 Å². The van der Waals surface area contributed by atoms with Gasteiger partial charge in [0.25, 0.3) is 0 Å². The van der Waals surface area contributed by atoms with Gasteiger partial charge in [-0.3, -0.25) is 4.79 Å². The van der Waals surface area contributed by atoms with Crippen LogP contribution in [-0.2, 0) is 14.3 Å². The summed E-state index contributed by atoms with van der Waals surface area (Å²) in [6.45, 7) is 2.34. The Kier molecular flexibility index (Phi) is 3.26. The second kappa shape index (κ2) is 4.24. The fraction of sp³-hybridized carbons (Fsp3) is 0.778. The highest BCUT2D eigenvalue weighted by Crippen LogP contribution is 2.25. The highest BCUT2D eigenvalue weighted by atomic mass is 16.5. The highest BCUT2D eigenvalue weighted by molar-refractivity contribution is 5.72. The van der Waals surface area contributed by atoms with E-state index in [1.807, 2.05) is 0 Å². The van der Waals surface area contributed by atoms with Gasteiger partial charge >= 0.3 is 5.97 Å². The van der Waals surface area contributed by atoms with E-state index in [0.717, 1.165) is 19.1 Å². The summed E-state index contributed by atoms with van der Waals surface area (Å²) >= 11 is 0. The standard InChI is InChI=1S/C9H14O3/c1-2-3-7-4-9(11)12-6-8(7)5-10/h5,7-8H,2-4,6H2,1H3. The summed E-state index contributed by atoms with van der Waals surface area (Å²) in [6.07, 6.45) is 3.28. The van der Waals surface area contributed by atoms with Crippen molar-refractivity contribution in [2.24, 2.45) is 11.8 Å². The van der Waals surface area contributed by atoms with E-state index in [2.05, 4.69) is 6.92 Å². The van der Waals surface area contributed by atoms with E-state index in [0.29, 0.717) is 6.42 Å². The summed E-state index contributed by atoms with van der Waals surface area (Å²) in [6, 6.07) is 0. The van der Waals surface area contributed by atoms with Crippen molar-refractivity contribution in [1.82, 2.24) is 0 Å². The van der Waals surface area contributed by atoms with Crippen LogP contribution < -0.4 is 0 Å². The molecule has 0 aromatic rings. The van der Waals surface area contributed by atoms with Gasteiger partial charge in [0.2, 0.25) is 0 Å². The van der Waals surface area contributed by atoms with Crippen LogP contribution in [0, 0.1) is 11.8 Å². The second-order valence-corrected chi connectivity index (χ2v) is 3.24. The Hall–Kier alpha value is -0.860. The lowest BCUT2D eigenvalue weighted by Crippen LogP contribution is -2.31. The third-order valence-electron chi connectivity index (χ3n) is 2.31. The summed E-state index contributed by atoms with van der Waals surface area (Å²) in [4.78, 5) is 21.4. The Balaban J connectivity index is 2.51. The molecule has 1 saturated heterocycles. The molecule has 0 radical (unpaired) electrons. The van der Waals surface area contributed by atoms with Crippen LogP contribution in [0.1, 0.15) is 26.2 Å². The first-order valence-corrected chi connectivity index (χ1v) is 4.38. The number of rotatable bonds is 3. The molecular formula is C9H14O3. The number of carbonyl (C=O) groups is 2. The van der Waals surface area contributed by atoms with Crippen molar-refractivity contribution in [2.45, 2.75) is 26.2 Å². The van der Waals surface area contributed by atoms with E-state index in [4.69, 9.17) is 4.74 Å². The molecule has 12 heavy (non-hydrogen) atoms. The number of hydrogen-bond donors (Lipinski definition) is 0. The van der Waals surface area contributed by atoms with Gasteiger partial charge in [-0.15, -0.1) is 0 Å². The highest BCUT2D eigenvalue weighted by Gasteiger charge is 2.29. The maximum atomic E-state index is 10.9. The minimum Gasteiger partial charge on any atom is -0.465 e. The molecule has 1 heterocycles. The fourth-order valence-electron chi connectivity index (χ4n) is 1.59. The minimum atomic E-state index is -0.161. The molecule has 0 spiro atoms. The van der Waals surface area contributed by atoms with Gasteiger partial charge in [-0.25, -0.2) is 0 Å². The fourth-order valence-corrected chi connectivity index (χ4v) is 1.59. The van der Waals surface area contributed by atoms with Gasteiger partial charge in [-0.05, 0) is 12.3 Å². The number of carbonyl (C=O) groups excluding carboxylic acids is 2. The second-order valence-electron chi connectivity index (χ2n) is 3.24. The first kappa shape index (κ1) is 9.23. The number of aldehydes is 1. The molecule has 0 saturated carbocycles. The normalized spacial score (nSPS) is 29.6. The Labute approximate surface area is 72.1 Å². The Morgan fingerprint density at radius 1 is 1.67 bits per heavy atom. The van der Waals surface area contributed by atoms with Gasteiger partial charge in [0, 0.05) is 6.42 Å². The van der Waals surface area contributed by atoms with Gasteiger partial charge < -0.3 is 9.53 Å². The summed E-state index contributed by atoms with van der Waals surface area (Å²) in [7, 11) is 0. The molecule has 1 rings (SSSR count). The van der Waals surface area contributed by atoms with E-state index in [-0.39, 0.29) is 24.4 Å². The van der Waals surface area contributed by atoms with E-state index >= 15 is 0 Å². The van der Waals surface area contributed by atoms with Gasteiger partial charge in [-0.2, -0.15) is 0 Å². The third-order valence-corrected chi connectivity index (χ3v) is 2.31. The lowest BCUT2D eigenvalue weighted by molar-refractivity contribution is -0.153. The summed E-state index contributed by atoms with van der Waals surface area (Å²) in [5, 5.41) is 0. The first-order chi connectivity index (χ1) is 5.77. The molecule has 0 amide bonds. The number of cyclic esters (lactones) is 1. The van der Waals surface area contributed by atoms with Crippen LogP contribution in [0.25, 0.3) is 0 Å². The number of esters is 1. The smallest absolute Gasteiger partial charge is 0.306 e. The zero-order chi connectivity index (χ0) is 8.97. The first-order valence-electron chi connectivity index (χ1n) is 4.38. The zero-order valence-electron chi connectivity index (χ0n) is 7.29. The maximum Gasteiger partial charge on any atom is 0.306 e. The molecule has 2 unspecified atom stereocenters. The minimum absolute atomic E-state index is 0.0670. The van der Waals surface area contributed by atoms with Crippen LogP contribution in [0.2, 0.25) is 0 Å². The maximum absolute atomic E-state index is 10.9. The molecule has 0 N–H and O–H groups in total. The quantitative estimate of drug-likeness (QED) is 0.471. The predicted octanol–water partition coefficient (Wildman–Crippen LogP) is 1.16.